The molecule has 0 aliphatic heterocycles. The lowest BCUT2D eigenvalue weighted by molar-refractivity contribution is 0.102. The first-order valence-electron chi connectivity index (χ1n) is 9.91. The molecular formula is C24H20FN3O4S. The van der Waals surface area contributed by atoms with E-state index >= 15 is 0 Å². The van der Waals surface area contributed by atoms with Crippen molar-refractivity contribution < 1.29 is 22.0 Å². The number of anilines is 1. The highest BCUT2D eigenvalue weighted by atomic mass is 32.2. The molecule has 0 aliphatic carbocycles. The van der Waals surface area contributed by atoms with E-state index in [0.717, 1.165) is 4.31 Å². The van der Waals surface area contributed by atoms with E-state index in [9.17, 15) is 17.6 Å². The number of sulfonamides is 1. The van der Waals surface area contributed by atoms with Gasteiger partial charge in [0.2, 0.25) is 15.9 Å². The first kappa shape index (κ1) is 22.4. The highest BCUT2D eigenvalue weighted by Gasteiger charge is 2.19. The quantitative estimate of drug-likeness (QED) is 0.448. The van der Waals surface area contributed by atoms with Crippen LogP contribution in [-0.4, -0.2) is 37.7 Å². The van der Waals surface area contributed by atoms with E-state index in [1.54, 1.807) is 42.5 Å². The van der Waals surface area contributed by atoms with Crippen LogP contribution in [0.5, 0.6) is 0 Å². The van der Waals surface area contributed by atoms with Crippen molar-refractivity contribution in [2.75, 3.05) is 19.4 Å². The Balaban J connectivity index is 1.60. The van der Waals surface area contributed by atoms with E-state index < -0.39 is 21.7 Å². The number of benzene rings is 3. The summed E-state index contributed by atoms with van der Waals surface area (Å²) < 4.78 is 45.4. The van der Waals surface area contributed by atoms with E-state index in [0.29, 0.717) is 16.8 Å². The fraction of sp³-hybridized carbons (Fsp3) is 0.0833. The van der Waals surface area contributed by atoms with Crippen molar-refractivity contribution >= 4 is 21.6 Å². The Morgan fingerprint density at radius 3 is 2.24 bits per heavy atom. The first-order chi connectivity index (χ1) is 15.8. The van der Waals surface area contributed by atoms with Crippen LogP contribution in [0.1, 0.15) is 10.4 Å². The van der Waals surface area contributed by atoms with Gasteiger partial charge >= 0.3 is 0 Å². The predicted molar refractivity (Wildman–Crippen MR) is 123 cm³/mol. The van der Waals surface area contributed by atoms with Crippen LogP contribution < -0.4 is 5.32 Å². The molecule has 168 valence electrons. The SMILES string of the molecule is CN(C)S(=O)(=O)c1ccc(NC(=O)c2ccccc2-c2ncc(-c3ccccc3F)o2)cc1. The summed E-state index contributed by atoms with van der Waals surface area (Å²) in [6.45, 7) is 0. The Bertz CT molecular complexity index is 1410. The second kappa shape index (κ2) is 8.97. The number of carbonyl (C=O) groups is 1. The molecule has 1 heterocycles. The lowest BCUT2D eigenvalue weighted by Crippen LogP contribution is -2.22. The third-order valence-corrected chi connectivity index (χ3v) is 6.77. The molecule has 0 spiro atoms. The first-order valence-corrected chi connectivity index (χ1v) is 11.4. The zero-order chi connectivity index (χ0) is 23.6. The molecule has 4 rings (SSSR count). The maximum Gasteiger partial charge on any atom is 0.256 e. The monoisotopic (exact) mass is 465 g/mol. The number of nitrogens with zero attached hydrogens (tertiary/aromatic N) is 2. The molecule has 1 amide bonds. The summed E-state index contributed by atoms with van der Waals surface area (Å²) in [7, 11) is -0.674. The average molecular weight is 466 g/mol. The van der Waals surface area contributed by atoms with Gasteiger partial charge in [0, 0.05) is 25.3 Å². The Morgan fingerprint density at radius 2 is 1.58 bits per heavy atom. The van der Waals surface area contributed by atoms with Crippen LogP contribution in [0.25, 0.3) is 22.8 Å². The van der Waals surface area contributed by atoms with Gasteiger partial charge in [-0.2, -0.15) is 0 Å². The van der Waals surface area contributed by atoms with Crippen molar-refractivity contribution in [3.05, 3.63) is 90.4 Å². The fourth-order valence-corrected chi connectivity index (χ4v) is 4.07. The van der Waals surface area contributed by atoms with Gasteiger partial charge in [0.15, 0.2) is 5.76 Å². The van der Waals surface area contributed by atoms with Gasteiger partial charge in [-0.1, -0.05) is 24.3 Å². The number of nitrogens with one attached hydrogen (secondary N) is 1. The molecule has 0 fully saturated rings. The zero-order valence-corrected chi connectivity index (χ0v) is 18.6. The van der Waals surface area contributed by atoms with Crippen molar-refractivity contribution in [2.24, 2.45) is 0 Å². The molecule has 7 nitrogen and oxygen atoms in total. The van der Waals surface area contributed by atoms with E-state index in [2.05, 4.69) is 10.3 Å². The van der Waals surface area contributed by atoms with Crippen molar-refractivity contribution in [1.29, 1.82) is 0 Å². The Hall–Kier alpha value is -3.82. The summed E-state index contributed by atoms with van der Waals surface area (Å²) in [5.41, 5.74) is 1.42. The summed E-state index contributed by atoms with van der Waals surface area (Å²) in [6.07, 6.45) is 1.41. The molecule has 33 heavy (non-hydrogen) atoms. The van der Waals surface area contributed by atoms with E-state index in [1.807, 2.05) is 0 Å². The van der Waals surface area contributed by atoms with Gasteiger partial charge < -0.3 is 9.73 Å². The van der Waals surface area contributed by atoms with Gasteiger partial charge in [-0.25, -0.2) is 22.1 Å². The van der Waals surface area contributed by atoms with Crippen molar-refractivity contribution in [3.63, 3.8) is 0 Å². The molecule has 0 bridgehead atoms. The highest BCUT2D eigenvalue weighted by molar-refractivity contribution is 7.89. The summed E-state index contributed by atoms with van der Waals surface area (Å²) in [5, 5.41) is 2.75. The van der Waals surface area contributed by atoms with Crippen LogP contribution in [0.4, 0.5) is 10.1 Å². The lowest BCUT2D eigenvalue weighted by Gasteiger charge is -2.12. The van der Waals surface area contributed by atoms with Crippen LogP contribution in [-0.2, 0) is 10.0 Å². The van der Waals surface area contributed by atoms with Crippen LogP contribution in [0.2, 0.25) is 0 Å². The maximum absolute atomic E-state index is 14.1. The molecule has 0 radical (unpaired) electrons. The molecule has 1 N–H and O–H groups in total. The fourth-order valence-electron chi connectivity index (χ4n) is 3.17. The second-order valence-corrected chi connectivity index (χ2v) is 9.47. The Labute approximate surface area is 190 Å². The minimum Gasteiger partial charge on any atom is -0.436 e. The number of rotatable bonds is 6. The Morgan fingerprint density at radius 1 is 0.939 bits per heavy atom. The highest BCUT2D eigenvalue weighted by Crippen LogP contribution is 2.30. The number of oxazole rings is 1. The van der Waals surface area contributed by atoms with Crippen LogP contribution >= 0.6 is 0 Å². The third kappa shape index (κ3) is 4.55. The summed E-state index contributed by atoms with van der Waals surface area (Å²) in [5.74, 6) is -0.451. The molecule has 3 aromatic carbocycles. The van der Waals surface area contributed by atoms with Gasteiger partial charge in [0.1, 0.15) is 5.82 Å². The Kier molecular flexibility index (Phi) is 6.08. The molecule has 0 atom stereocenters. The van der Waals surface area contributed by atoms with E-state index in [1.165, 1.54) is 50.6 Å². The minimum absolute atomic E-state index is 0.117. The third-order valence-electron chi connectivity index (χ3n) is 4.94. The lowest BCUT2D eigenvalue weighted by atomic mass is 10.1. The topological polar surface area (TPSA) is 92.5 Å². The largest absolute Gasteiger partial charge is 0.436 e. The number of carbonyl (C=O) groups excluding carboxylic acids is 1. The average Bonchev–Trinajstić information content (AvgIpc) is 3.29. The number of aromatic nitrogens is 1. The van der Waals surface area contributed by atoms with Crippen LogP contribution in [0.3, 0.4) is 0 Å². The maximum atomic E-state index is 14.1. The van der Waals surface area contributed by atoms with Gasteiger partial charge in [-0.05, 0) is 48.5 Å². The zero-order valence-electron chi connectivity index (χ0n) is 17.8. The number of hydrogen-bond donors (Lipinski definition) is 1. The molecule has 0 unspecified atom stereocenters. The molecule has 0 aliphatic rings. The minimum atomic E-state index is -3.57. The smallest absolute Gasteiger partial charge is 0.256 e. The predicted octanol–water partition coefficient (Wildman–Crippen LogP) is 4.65. The second-order valence-electron chi connectivity index (χ2n) is 7.32. The molecule has 1 aromatic heterocycles. The molecule has 0 saturated carbocycles. The normalized spacial score (nSPS) is 11.5. The van der Waals surface area contributed by atoms with Crippen LogP contribution in [0.15, 0.2) is 88.3 Å². The molecule has 9 heteroatoms. The molecule has 0 saturated heterocycles. The summed E-state index contributed by atoms with van der Waals surface area (Å²) >= 11 is 0. The van der Waals surface area contributed by atoms with Gasteiger partial charge in [-0.3, -0.25) is 4.79 Å². The van der Waals surface area contributed by atoms with Crippen molar-refractivity contribution in [1.82, 2.24) is 9.29 Å². The van der Waals surface area contributed by atoms with Crippen LogP contribution in [0, 0.1) is 5.82 Å². The summed E-state index contributed by atoms with van der Waals surface area (Å²) in [6, 6.07) is 18.8. The van der Waals surface area contributed by atoms with Crippen molar-refractivity contribution in [2.45, 2.75) is 4.90 Å². The number of halogens is 1. The van der Waals surface area contributed by atoms with Gasteiger partial charge in [-0.15, -0.1) is 0 Å². The van der Waals surface area contributed by atoms with E-state index in [4.69, 9.17) is 4.42 Å². The van der Waals surface area contributed by atoms with Crippen molar-refractivity contribution in [3.8, 4) is 22.8 Å². The number of hydrogen-bond acceptors (Lipinski definition) is 5. The van der Waals surface area contributed by atoms with Gasteiger partial charge in [0.25, 0.3) is 5.91 Å². The summed E-state index contributed by atoms with van der Waals surface area (Å²) in [4.78, 5) is 17.3. The van der Waals surface area contributed by atoms with E-state index in [-0.39, 0.29) is 22.1 Å². The number of amides is 1. The molecular weight excluding hydrogens is 445 g/mol. The van der Waals surface area contributed by atoms with Gasteiger partial charge in [0.05, 0.1) is 22.2 Å². The molecule has 4 aromatic rings. The standard InChI is InChI=1S/C24H20FN3O4S/c1-28(2)33(30,31)17-13-11-16(12-14-17)27-23(29)18-7-3-4-8-19(18)24-26-15-22(32-24)20-9-5-6-10-21(20)25/h3-15H,1-2H3,(H,27,29).